The molecule has 2 heterocycles. The van der Waals surface area contributed by atoms with Crippen LogP contribution >= 0.6 is 34.7 Å². The van der Waals surface area contributed by atoms with Crippen LogP contribution in [0.25, 0.3) is 15.9 Å². The van der Waals surface area contributed by atoms with E-state index in [1.807, 2.05) is 30.3 Å². The monoisotopic (exact) mass is 594 g/mol. The van der Waals surface area contributed by atoms with Crippen molar-refractivity contribution in [1.29, 1.82) is 0 Å². The average molecular weight is 595 g/mol. The zero-order chi connectivity index (χ0) is 28.1. The Hall–Kier alpha value is -4.13. The topological polar surface area (TPSA) is 120 Å². The molecule has 0 saturated carbocycles. The number of nitrogens with zero attached hydrogens (tertiary/aromatic N) is 4. The molecular formula is C27H23ClN6O4S2. The van der Waals surface area contributed by atoms with Gasteiger partial charge in [0.2, 0.25) is 5.91 Å². The number of thioether (sulfide) groups is 1. The number of carbonyl (C=O) groups excluding carboxylic acids is 2. The molecule has 0 spiro atoms. The molecule has 2 amide bonds. The number of methoxy groups -OCH3 is 2. The number of benzene rings is 3. The van der Waals surface area contributed by atoms with Crippen LogP contribution < -0.4 is 20.1 Å². The maximum Gasteiger partial charge on any atom is 0.251 e. The van der Waals surface area contributed by atoms with Crippen LogP contribution in [-0.2, 0) is 11.3 Å². The normalized spacial score (nSPS) is 10.9. The minimum absolute atomic E-state index is 0.0658. The molecule has 0 aliphatic carbocycles. The summed E-state index contributed by atoms with van der Waals surface area (Å²) in [6, 6.07) is 19.8. The van der Waals surface area contributed by atoms with Gasteiger partial charge in [0.25, 0.3) is 5.91 Å². The Labute approximate surface area is 242 Å². The number of amides is 2. The molecule has 5 aromatic rings. The largest absolute Gasteiger partial charge is 0.497 e. The van der Waals surface area contributed by atoms with Gasteiger partial charge in [0.15, 0.2) is 16.1 Å². The fourth-order valence-electron chi connectivity index (χ4n) is 3.79. The van der Waals surface area contributed by atoms with Gasteiger partial charge in [0.1, 0.15) is 11.5 Å². The van der Waals surface area contributed by atoms with Crippen LogP contribution in [-0.4, -0.2) is 51.5 Å². The van der Waals surface area contributed by atoms with Gasteiger partial charge in [0.05, 0.1) is 42.4 Å². The van der Waals surface area contributed by atoms with Crippen molar-refractivity contribution >= 4 is 61.9 Å². The van der Waals surface area contributed by atoms with Gasteiger partial charge in [-0.1, -0.05) is 52.9 Å². The molecule has 0 radical (unpaired) electrons. The number of carbonyl (C=O) groups is 2. The smallest absolute Gasteiger partial charge is 0.251 e. The van der Waals surface area contributed by atoms with E-state index in [-0.39, 0.29) is 24.1 Å². The summed E-state index contributed by atoms with van der Waals surface area (Å²) in [6.07, 6.45) is 0. The van der Waals surface area contributed by atoms with E-state index in [9.17, 15) is 9.59 Å². The Kier molecular flexibility index (Phi) is 8.48. The predicted molar refractivity (Wildman–Crippen MR) is 156 cm³/mol. The second-order valence-corrected chi connectivity index (χ2v) is 10.7. The highest BCUT2D eigenvalue weighted by Gasteiger charge is 2.18. The molecule has 0 unspecified atom stereocenters. The van der Waals surface area contributed by atoms with Crippen molar-refractivity contribution in [1.82, 2.24) is 25.1 Å². The van der Waals surface area contributed by atoms with Gasteiger partial charge in [-0.2, -0.15) is 0 Å². The highest BCUT2D eigenvalue weighted by molar-refractivity contribution is 7.99. The van der Waals surface area contributed by atoms with Crippen molar-refractivity contribution in [2.45, 2.75) is 11.7 Å². The Balaban J connectivity index is 1.32. The quantitative estimate of drug-likeness (QED) is 0.212. The first-order valence-electron chi connectivity index (χ1n) is 11.9. The van der Waals surface area contributed by atoms with E-state index < -0.39 is 0 Å². The van der Waals surface area contributed by atoms with E-state index in [0.29, 0.717) is 43.9 Å². The lowest BCUT2D eigenvalue weighted by molar-refractivity contribution is -0.113. The summed E-state index contributed by atoms with van der Waals surface area (Å²) in [5.41, 5.74) is 1.89. The molecule has 0 saturated heterocycles. The molecule has 40 heavy (non-hydrogen) atoms. The fraction of sp³-hybridized carbons (Fsp3) is 0.148. The van der Waals surface area contributed by atoms with Crippen molar-refractivity contribution in [2.75, 3.05) is 25.3 Å². The number of hydrogen-bond donors (Lipinski definition) is 2. The zero-order valence-corrected chi connectivity index (χ0v) is 23.8. The van der Waals surface area contributed by atoms with Crippen molar-refractivity contribution in [3.63, 3.8) is 0 Å². The molecule has 2 aromatic heterocycles. The molecule has 2 N–H and O–H groups in total. The Morgan fingerprint density at radius 1 is 1.00 bits per heavy atom. The standard InChI is InChI=1S/C27H23ClN6O4S2/c1-37-19-10-16(11-20(13-19)38-2)25(36)29-14-23-32-33-27(34(23)18-7-5-6-17(28)12-18)39-15-24(35)31-26-30-21-8-3-4-9-22(21)40-26/h3-13H,14-15H2,1-2H3,(H,29,36)(H,30,31,35). The van der Waals surface area contributed by atoms with Crippen molar-refractivity contribution in [3.8, 4) is 17.2 Å². The van der Waals surface area contributed by atoms with Crippen molar-refractivity contribution < 1.29 is 19.1 Å². The Bertz CT molecular complexity index is 1630. The van der Waals surface area contributed by atoms with E-state index >= 15 is 0 Å². The molecule has 13 heteroatoms. The molecule has 0 fully saturated rings. The summed E-state index contributed by atoms with van der Waals surface area (Å²) in [6.45, 7) is 0.0658. The summed E-state index contributed by atoms with van der Waals surface area (Å²) in [4.78, 5) is 30.1. The third-order valence-electron chi connectivity index (χ3n) is 5.66. The summed E-state index contributed by atoms with van der Waals surface area (Å²) in [5, 5.41) is 15.8. The molecule has 0 atom stereocenters. The molecule has 10 nitrogen and oxygen atoms in total. The van der Waals surface area contributed by atoms with Gasteiger partial charge >= 0.3 is 0 Å². The number of hydrogen-bond acceptors (Lipinski definition) is 9. The maximum absolute atomic E-state index is 13.0. The van der Waals surface area contributed by atoms with Crippen LogP contribution in [0.4, 0.5) is 5.13 Å². The summed E-state index contributed by atoms with van der Waals surface area (Å²) < 4.78 is 13.3. The van der Waals surface area contributed by atoms with Gasteiger partial charge in [-0.25, -0.2) is 4.98 Å². The molecule has 0 aliphatic rings. The highest BCUT2D eigenvalue weighted by Crippen LogP contribution is 2.27. The Morgan fingerprint density at radius 2 is 1.77 bits per heavy atom. The highest BCUT2D eigenvalue weighted by atomic mass is 35.5. The molecule has 3 aromatic carbocycles. The number of ether oxygens (including phenoxy) is 2. The van der Waals surface area contributed by atoms with Gasteiger partial charge < -0.3 is 20.1 Å². The number of halogens is 1. The summed E-state index contributed by atoms with van der Waals surface area (Å²) in [7, 11) is 3.03. The van der Waals surface area contributed by atoms with E-state index in [1.165, 1.54) is 37.3 Å². The van der Waals surface area contributed by atoms with Gasteiger partial charge in [-0.05, 0) is 42.5 Å². The van der Waals surface area contributed by atoms with Crippen molar-refractivity contribution in [3.05, 3.63) is 83.1 Å². The second kappa shape index (κ2) is 12.4. The molecule has 0 bridgehead atoms. The van der Waals surface area contributed by atoms with E-state index in [1.54, 1.807) is 41.0 Å². The van der Waals surface area contributed by atoms with E-state index in [4.69, 9.17) is 21.1 Å². The number of anilines is 1. The fourth-order valence-corrected chi connectivity index (χ4v) is 5.63. The predicted octanol–water partition coefficient (Wildman–Crippen LogP) is 5.21. The lowest BCUT2D eigenvalue weighted by atomic mass is 10.2. The van der Waals surface area contributed by atoms with E-state index in [0.717, 1.165) is 10.2 Å². The molecular weight excluding hydrogens is 572 g/mol. The molecule has 5 rings (SSSR count). The third kappa shape index (κ3) is 6.36. The number of aromatic nitrogens is 4. The lowest BCUT2D eigenvalue weighted by Crippen LogP contribution is -2.24. The summed E-state index contributed by atoms with van der Waals surface area (Å²) in [5.74, 6) is 0.946. The number of rotatable bonds is 10. The number of nitrogens with one attached hydrogen (secondary N) is 2. The Morgan fingerprint density at radius 3 is 2.50 bits per heavy atom. The van der Waals surface area contributed by atoms with Crippen LogP contribution in [0.3, 0.4) is 0 Å². The van der Waals surface area contributed by atoms with Crippen molar-refractivity contribution in [2.24, 2.45) is 0 Å². The van der Waals surface area contributed by atoms with E-state index in [2.05, 4.69) is 25.8 Å². The first-order valence-corrected chi connectivity index (χ1v) is 14.1. The van der Waals surface area contributed by atoms with Crippen LogP contribution in [0, 0.1) is 0 Å². The number of fused-ring (bicyclic) bond motifs is 1. The zero-order valence-electron chi connectivity index (χ0n) is 21.4. The van der Waals surface area contributed by atoms with Crippen LogP contribution in [0.5, 0.6) is 11.5 Å². The minimum Gasteiger partial charge on any atom is -0.497 e. The molecule has 204 valence electrons. The first kappa shape index (κ1) is 27.4. The van der Waals surface area contributed by atoms with Gasteiger partial charge in [-0.15, -0.1) is 10.2 Å². The van der Waals surface area contributed by atoms with Crippen LogP contribution in [0.15, 0.2) is 71.9 Å². The maximum atomic E-state index is 13.0. The second-order valence-electron chi connectivity index (χ2n) is 8.32. The third-order valence-corrected chi connectivity index (χ3v) is 7.78. The van der Waals surface area contributed by atoms with Crippen LogP contribution in [0.2, 0.25) is 5.02 Å². The number of para-hydroxylation sites is 1. The molecule has 0 aliphatic heterocycles. The first-order chi connectivity index (χ1) is 19.4. The lowest BCUT2D eigenvalue weighted by Gasteiger charge is -2.12. The minimum atomic E-state index is -0.345. The SMILES string of the molecule is COc1cc(OC)cc(C(=O)NCc2nnc(SCC(=O)Nc3nc4ccccc4s3)n2-c2cccc(Cl)c2)c1. The average Bonchev–Trinajstić information content (AvgIpc) is 3.57. The van der Waals surface area contributed by atoms with Gasteiger partial charge in [0, 0.05) is 16.7 Å². The van der Waals surface area contributed by atoms with Gasteiger partial charge in [-0.3, -0.25) is 14.2 Å². The summed E-state index contributed by atoms with van der Waals surface area (Å²) >= 11 is 8.88. The van der Waals surface area contributed by atoms with Crippen LogP contribution in [0.1, 0.15) is 16.2 Å². The number of thiazole rings is 1.